The number of carbonyl (C=O) groups is 2. The van der Waals surface area contributed by atoms with E-state index in [9.17, 15) is 14.0 Å². The van der Waals surface area contributed by atoms with Crippen molar-refractivity contribution in [1.82, 2.24) is 20.6 Å². The van der Waals surface area contributed by atoms with Crippen LogP contribution in [0, 0.1) is 5.82 Å². The Morgan fingerprint density at radius 1 is 1.25 bits per heavy atom. The molecular weight excluding hydrogens is 361 g/mol. The fourth-order valence-corrected chi connectivity index (χ4v) is 3.27. The van der Waals surface area contributed by atoms with E-state index >= 15 is 0 Å². The molecule has 140 valence electrons. The maximum atomic E-state index is 13.8. The molecular formula is C20H16FN5O2. The van der Waals surface area contributed by atoms with Crippen LogP contribution < -0.4 is 5.32 Å². The van der Waals surface area contributed by atoms with Crippen molar-refractivity contribution in [2.45, 2.75) is 12.8 Å². The summed E-state index contributed by atoms with van der Waals surface area (Å²) < 4.78 is 13.8. The topological polar surface area (TPSA) is 101 Å². The van der Waals surface area contributed by atoms with Crippen LogP contribution in [0.15, 0.2) is 42.0 Å². The number of halogens is 1. The first-order chi connectivity index (χ1) is 13.5. The number of benzene rings is 2. The highest BCUT2D eigenvalue weighted by Gasteiger charge is 2.26. The number of ketones is 2. The van der Waals surface area contributed by atoms with E-state index in [-0.39, 0.29) is 30.0 Å². The molecule has 0 bridgehead atoms. The zero-order valence-electron chi connectivity index (χ0n) is 15.0. The van der Waals surface area contributed by atoms with Gasteiger partial charge in [-0.2, -0.15) is 5.21 Å². The summed E-state index contributed by atoms with van der Waals surface area (Å²) in [6.45, 7) is 0. The van der Waals surface area contributed by atoms with Gasteiger partial charge in [-0.3, -0.25) is 9.59 Å². The van der Waals surface area contributed by atoms with Crippen LogP contribution in [0.2, 0.25) is 0 Å². The Hall–Kier alpha value is -3.68. The van der Waals surface area contributed by atoms with Crippen LogP contribution in [0.1, 0.15) is 16.7 Å². The van der Waals surface area contributed by atoms with Crippen LogP contribution in [0.3, 0.4) is 0 Å². The summed E-state index contributed by atoms with van der Waals surface area (Å²) in [4.78, 5) is 25.2. The number of anilines is 1. The largest absolute Gasteiger partial charge is 0.388 e. The molecule has 0 saturated heterocycles. The van der Waals surface area contributed by atoms with Gasteiger partial charge in [0.05, 0.1) is 5.57 Å². The molecule has 2 aromatic carbocycles. The van der Waals surface area contributed by atoms with Gasteiger partial charge in [-0.1, -0.05) is 24.3 Å². The Morgan fingerprint density at radius 2 is 2.04 bits per heavy atom. The fourth-order valence-electron chi connectivity index (χ4n) is 3.27. The Morgan fingerprint density at radius 3 is 2.71 bits per heavy atom. The van der Waals surface area contributed by atoms with E-state index < -0.39 is 5.82 Å². The van der Waals surface area contributed by atoms with Crippen molar-refractivity contribution in [2.24, 2.45) is 0 Å². The van der Waals surface area contributed by atoms with Crippen LogP contribution in [0.4, 0.5) is 10.1 Å². The minimum Gasteiger partial charge on any atom is -0.388 e. The molecule has 28 heavy (non-hydrogen) atoms. The Balaban J connectivity index is 1.58. The highest BCUT2D eigenvalue weighted by Crippen LogP contribution is 2.30. The molecule has 0 amide bonds. The van der Waals surface area contributed by atoms with Crippen LogP contribution in [-0.2, 0) is 22.4 Å². The van der Waals surface area contributed by atoms with Gasteiger partial charge in [0.15, 0.2) is 11.6 Å². The molecule has 7 nitrogen and oxygen atoms in total. The molecule has 1 heterocycles. The number of rotatable bonds is 5. The maximum Gasteiger partial charge on any atom is 0.204 e. The SMILES string of the molecule is CNc1cc(F)cc2c1CC(=O)C(C(=O)Cc1ccc(-c3nn[nH]n3)cc1)=C2. The highest BCUT2D eigenvalue weighted by molar-refractivity contribution is 6.25. The molecule has 0 aliphatic heterocycles. The van der Waals surface area contributed by atoms with Gasteiger partial charge in [0.1, 0.15) is 5.82 Å². The fraction of sp³-hybridized carbons (Fsp3) is 0.150. The first kappa shape index (κ1) is 17.7. The monoisotopic (exact) mass is 377 g/mol. The smallest absolute Gasteiger partial charge is 0.204 e. The molecule has 0 fully saturated rings. The number of hydrogen-bond donors (Lipinski definition) is 2. The molecule has 1 aliphatic carbocycles. The van der Waals surface area contributed by atoms with Crippen LogP contribution in [0.5, 0.6) is 0 Å². The van der Waals surface area contributed by atoms with Crippen LogP contribution in [-0.4, -0.2) is 39.2 Å². The van der Waals surface area contributed by atoms with E-state index in [1.54, 1.807) is 31.3 Å². The lowest BCUT2D eigenvalue weighted by Crippen LogP contribution is -2.21. The highest BCUT2D eigenvalue weighted by atomic mass is 19.1. The number of carbonyl (C=O) groups excluding carboxylic acids is 2. The van der Waals surface area contributed by atoms with Crippen molar-refractivity contribution < 1.29 is 14.0 Å². The number of tetrazole rings is 1. The minimum absolute atomic E-state index is 0.0696. The zero-order valence-corrected chi connectivity index (χ0v) is 15.0. The summed E-state index contributed by atoms with van der Waals surface area (Å²) in [6, 6.07) is 9.82. The van der Waals surface area contributed by atoms with Gasteiger partial charge in [-0.25, -0.2) is 4.39 Å². The van der Waals surface area contributed by atoms with E-state index in [4.69, 9.17) is 0 Å². The zero-order chi connectivity index (χ0) is 19.7. The van der Waals surface area contributed by atoms with Gasteiger partial charge in [-0.05, 0) is 40.1 Å². The van der Waals surface area contributed by atoms with E-state index in [0.29, 0.717) is 22.6 Å². The van der Waals surface area contributed by atoms with Gasteiger partial charge in [-0.15, -0.1) is 10.2 Å². The molecule has 4 rings (SSSR count). The molecule has 0 saturated carbocycles. The standard InChI is InChI=1S/C20H16FN5O2/c1-22-17-9-14(21)7-13-8-16(19(28)10-15(13)17)18(27)6-11-2-4-12(5-3-11)20-23-25-26-24-20/h2-5,7-9,22H,6,10H2,1H3,(H,23,24,25,26). The Kier molecular flexibility index (Phi) is 4.52. The second-order valence-electron chi connectivity index (χ2n) is 6.46. The summed E-state index contributed by atoms with van der Waals surface area (Å²) in [5, 5.41) is 16.6. The van der Waals surface area contributed by atoms with Gasteiger partial charge >= 0.3 is 0 Å². The molecule has 0 spiro atoms. The van der Waals surface area contributed by atoms with Crippen molar-refractivity contribution in [3.8, 4) is 11.4 Å². The summed E-state index contributed by atoms with van der Waals surface area (Å²) >= 11 is 0. The number of Topliss-reactive ketones (excluding diaryl/α,β-unsaturated/α-hetero) is 2. The van der Waals surface area contributed by atoms with Gasteiger partial charge in [0.2, 0.25) is 5.82 Å². The number of nitrogens with one attached hydrogen (secondary N) is 2. The molecule has 3 aromatic rings. The third-order valence-electron chi connectivity index (χ3n) is 4.68. The van der Waals surface area contributed by atoms with E-state index in [1.165, 1.54) is 18.2 Å². The predicted molar refractivity (Wildman–Crippen MR) is 101 cm³/mol. The van der Waals surface area contributed by atoms with E-state index in [0.717, 1.165) is 11.1 Å². The summed E-state index contributed by atoms with van der Waals surface area (Å²) in [5.74, 6) is -0.512. The molecule has 1 aliphatic rings. The average Bonchev–Trinajstić information content (AvgIpc) is 3.22. The number of aromatic nitrogens is 4. The van der Waals surface area contributed by atoms with Crippen molar-refractivity contribution in [3.05, 3.63) is 64.5 Å². The Bertz CT molecular complexity index is 1090. The number of nitrogens with zero attached hydrogens (tertiary/aromatic N) is 3. The molecule has 1 aromatic heterocycles. The number of hydrogen-bond acceptors (Lipinski definition) is 6. The van der Waals surface area contributed by atoms with Gasteiger partial charge in [0, 0.05) is 31.1 Å². The van der Waals surface area contributed by atoms with Crippen molar-refractivity contribution in [2.75, 3.05) is 12.4 Å². The molecule has 0 radical (unpaired) electrons. The quantitative estimate of drug-likeness (QED) is 0.662. The van der Waals surface area contributed by atoms with Crippen LogP contribution in [0.25, 0.3) is 17.5 Å². The average molecular weight is 377 g/mol. The number of aromatic amines is 1. The maximum absolute atomic E-state index is 13.8. The van der Waals surface area contributed by atoms with E-state index in [1.807, 2.05) is 0 Å². The third-order valence-corrected chi connectivity index (χ3v) is 4.68. The number of allylic oxidation sites excluding steroid dienone is 1. The van der Waals surface area contributed by atoms with Crippen molar-refractivity contribution in [3.63, 3.8) is 0 Å². The predicted octanol–water partition coefficient (Wildman–Crippen LogP) is 2.37. The molecule has 8 heteroatoms. The molecule has 0 unspecified atom stereocenters. The second-order valence-corrected chi connectivity index (χ2v) is 6.46. The Labute approximate surface area is 159 Å². The van der Waals surface area contributed by atoms with Crippen LogP contribution >= 0.6 is 0 Å². The van der Waals surface area contributed by atoms with Crippen molar-refractivity contribution in [1.29, 1.82) is 0 Å². The minimum atomic E-state index is -0.419. The van der Waals surface area contributed by atoms with Gasteiger partial charge in [0.25, 0.3) is 0 Å². The first-order valence-corrected chi connectivity index (χ1v) is 8.66. The molecule has 2 N–H and O–H groups in total. The lowest BCUT2D eigenvalue weighted by Gasteiger charge is -2.18. The first-order valence-electron chi connectivity index (χ1n) is 8.66. The second kappa shape index (κ2) is 7.15. The van der Waals surface area contributed by atoms with Gasteiger partial charge < -0.3 is 5.32 Å². The number of fused-ring (bicyclic) bond motifs is 1. The van der Waals surface area contributed by atoms with E-state index in [2.05, 4.69) is 25.9 Å². The summed E-state index contributed by atoms with van der Waals surface area (Å²) in [6.07, 6.45) is 1.63. The lowest BCUT2D eigenvalue weighted by atomic mass is 9.86. The summed E-state index contributed by atoms with van der Waals surface area (Å²) in [7, 11) is 1.67. The normalized spacial score (nSPS) is 13.1. The van der Waals surface area contributed by atoms with Crippen molar-refractivity contribution >= 4 is 23.3 Å². The third kappa shape index (κ3) is 3.32. The lowest BCUT2D eigenvalue weighted by molar-refractivity contribution is -0.120. The number of H-pyrrole nitrogens is 1. The molecule has 0 atom stereocenters. The summed E-state index contributed by atoms with van der Waals surface area (Å²) in [5.41, 5.74) is 3.44.